The highest BCUT2D eigenvalue weighted by Gasteiger charge is 2.19. The van der Waals surface area contributed by atoms with Gasteiger partial charge in [0.25, 0.3) is 0 Å². The standard InChI is InChI=1S/C12H14Br2ClN3S/c1-3-8-11(15)9(18(2)17-8)5-7(16)6-4-10(13)19-12(6)14/h4,7H,3,5,16H2,1-2H3. The second-order valence-electron chi connectivity index (χ2n) is 4.27. The number of hydrogen-bond acceptors (Lipinski definition) is 3. The summed E-state index contributed by atoms with van der Waals surface area (Å²) in [7, 11) is 1.91. The Hall–Kier alpha value is 0.120. The van der Waals surface area contributed by atoms with Crippen LogP contribution in [0.4, 0.5) is 0 Å². The van der Waals surface area contributed by atoms with Crippen LogP contribution in [-0.4, -0.2) is 9.78 Å². The highest BCUT2D eigenvalue weighted by molar-refractivity contribution is 9.12. The molecule has 0 aliphatic carbocycles. The van der Waals surface area contributed by atoms with Gasteiger partial charge in [-0.25, -0.2) is 0 Å². The number of nitrogens with two attached hydrogens (primary N) is 1. The van der Waals surface area contributed by atoms with Gasteiger partial charge in [-0.3, -0.25) is 4.68 Å². The van der Waals surface area contributed by atoms with E-state index >= 15 is 0 Å². The zero-order chi connectivity index (χ0) is 14.2. The van der Waals surface area contributed by atoms with Crippen LogP contribution < -0.4 is 5.73 Å². The Labute approximate surface area is 138 Å². The molecule has 0 saturated carbocycles. The molecule has 1 atom stereocenters. The molecule has 3 nitrogen and oxygen atoms in total. The Morgan fingerprint density at radius 2 is 2.21 bits per heavy atom. The number of aryl methyl sites for hydroxylation is 2. The Kier molecular flexibility index (Phi) is 5.11. The number of aromatic nitrogens is 2. The van der Waals surface area contributed by atoms with E-state index in [-0.39, 0.29) is 6.04 Å². The van der Waals surface area contributed by atoms with Crippen LogP contribution in [0, 0.1) is 0 Å². The lowest BCUT2D eigenvalue weighted by atomic mass is 10.1. The average Bonchev–Trinajstić information content (AvgIpc) is 2.82. The van der Waals surface area contributed by atoms with Crippen molar-refractivity contribution in [1.29, 1.82) is 0 Å². The summed E-state index contributed by atoms with van der Waals surface area (Å²) >= 11 is 15.0. The van der Waals surface area contributed by atoms with Crippen molar-refractivity contribution < 1.29 is 0 Å². The molecular weight excluding hydrogens is 413 g/mol. The first kappa shape index (κ1) is 15.5. The molecule has 0 fully saturated rings. The summed E-state index contributed by atoms with van der Waals surface area (Å²) in [6.07, 6.45) is 1.50. The predicted octanol–water partition coefficient (Wildman–Crippen LogP) is 4.46. The fraction of sp³-hybridized carbons (Fsp3) is 0.417. The zero-order valence-electron chi connectivity index (χ0n) is 10.6. The van der Waals surface area contributed by atoms with E-state index in [0.29, 0.717) is 6.42 Å². The minimum absolute atomic E-state index is 0.102. The summed E-state index contributed by atoms with van der Waals surface area (Å²) < 4.78 is 3.95. The monoisotopic (exact) mass is 425 g/mol. The Bertz CT molecular complexity index is 594. The van der Waals surface area contributed by atoms with E-state index in [2.05, 4.69) is 37.0 Å². The van der Waals surface area contributed by atoms with E-state index in [0.717, 1.165) is 36.0 Å². The van der Waals surface area contributed by atoms with Crippen molar-refractivity contribution in [2.45, 2.75) is 25.8 Å². The van der Waals surface area contributed by atoms with Crippen LogP contribution in [0.5, 0.6) is 0 Å². The first-order valence-electron chi connectivity index (χ1n) is 5.84. The molecular formula is C12H14Br2ClN3S. The molecule has 2 rings (SSSR count). The fourth-order valence-electron chi connectivity index (χ4n) is 1.97. The predicted molar refractivity (Wildman–Crippen MR) is 87.9 cm³/mol. The van der Waals surface area contributed by atoms with E-state index in [1.165, 1.54) is 0 Å². The summed E-state index contributed by atoms with van der Waals surface area (Å²) in [4.78, 5) is 0. The molecule has 0 radical (unpaired) electrons. The molecule has 104 valence electrons. The lowest BCUT2D eigenvalue weighted by molar-refractivity contribution is 0.638. The van der Waals surface area contributed by atoms with Gasteiger partial charge in [0.15, 0.2) is 0 Å². The van der Waals surface area contributed by atoms with Gasteiger partial charge < -0.3 is 5.73 Å². The van der Waals surface area contributed by atoms with E-state index in [1.807, 2.05) is 24.7 Å². The van der Waals surface area contributed by atoms with Gasteiger partial charge in [0.2, 0.25) is 0 Å². The van der Waals surface area contributed by atoms with Crippen molar-refractivity contribution in [3.8, 4) is 0 Å². The molecule has 1 unspecified atom stereocenters. The van der Waals surface area contributed by atoms with E-state index in [4.69, 9.17) is 17.3 Å². The summed E-state index contributed by atoms with van der Waals surface area (Å²) in [6, 6.07) is 1.94. The van der Waals surface area contributed by atoms with Gasteiger partial charge in [-0.2, -0.15) is 5.10 Å². The Morgan fingerprint density at radius 1 is 1.53 bits per heavy atom. The van der Waals surface area contributed by atoms with Crippen LogP contribution in [0.2, 0.25) is 5.02 Å². The second-order valence-corrected chi connectivity index (χ2v) is 8.40. The van der Waals surface area contributed by atoms with Crippen LogP contribution >= 0.6 is 54.8 Å². The number of rotatable bonds is 4. The molecule has 7 heteroatoms. The Morgan fingerprint density at radius 3 is 2.68 bits per heavy atom. The number of halogens is 3. The third-order valence-electron chi connectivity index (χ3n) is 3.00. The smallest absolute Gasteiger partial charge is 0.0850 e. The quantitative estimate of drug-likeness (QED) is 0.783. The van der Waals surface area contributed by atoms with Gasteiger partial charge in [0, 0.05) is 19.5 Å². The number of thiophene rings is 1. The van der Waals surface area contributed by atoms with Gasteiger partial charge in [0.05, 0.1) is 24.0 Å². The molecule has 2 heterocycles. The highest BCUT2D eigenvalue weighted by atomic mass is 79.9. The summed E-state index contributed by atoms with van der Waals surface area (Å²) in [5, 5.41) is 5.16. The van der Waals surface area contributed by atoms with Crippen molar-refractivity contribution in [3.05, 3.63) is 35.6 Å². The highest BCUT2D eigenvalue weighted by Crippen LogP contribution is 2.36. The lowest BCUT2D eigenvalue weighted by Crippen LogP contribution is -2.15. The molecule has 19 heavy (non-hydrogen) atoms. The van der Waals surface area contributed by atoms with Crippen LogP contribution in [0.15, 0.2) is 13.6 Å². The summed E-state index contributed by atoms with van der Waals surface area (Å²) in [5.74, 6) is 0. The van der Waals surface area contributed by atoms with Crippen molar-refractivity contribution in [2.75, 3.05) is 0 Å². The van der Waals surface area contributed by atoms with Crippen molar-refractivity contribution in [3.63, 3.8) is 0 Å². The molecule has 2 aromatic heterocycles. The molecule has 2 N–H and O–H groups in total. The normalized spacial score (nSPS) is 12.9. The van der Waals surface area contributed by atoms with E-state index in [9.17, 15) is 0 Å². The van der Waals surface area contributed by atoms with Gasteiger partial charge in [-0.15, -0.1) is 11.3 Å². The topological polar surface area (TPSA) is 43.8 Å². The third kappa shape index (κ3) is 3.24. The first-order valence-corrected chi connectivity index (χ1v) is 8.62. The Balaban J connectivity index is 2.26. The molecule has 0 bridgehead atoms. The molecule has 0 aliphatic rings. The maximum absolute atomic E-state index is 6.35. The maximum atomic E-state index is 6.35. The van der Waals surface area contributed by atoms with Crippen molar-refractivity contribution in [2.24, 2.45) is 12.8 Å². The number of nitrogens with zero attached hydrogens (tertiary/aromatic N) is 2. The van der Waals surface area contributed by atoms with Gasteiger partial charge in [0.1, 0.15) is 0 Å². The van der Waals surface area contributed by atoms with Crippen molar-refractivity contribution >= 4 is 54.8 Å². The first-order chi connectivity index (χ1) is 8.93. The fourth-order valence-corrected chi connectivity index (χ4v) is 5.34. The van der Waals surface area contributed by atoms with Crippen LogP contribution in [0.25, 0.3) is 0 Å². The molecule has 0 amide bonds. The molecule has 0 aliphatic heterocycles. The van der Waals surface area contributed by atoms with E-state index < -0.39 is 0 Å². The minimum Gasteiger partial charge on any atom is -0.324 e. The summed E-state index contributed by atoms with van der Waals surface area (Å²) in [5.41, 5.74) is 9.29. The molecule has 0 aromatic carbocycles. The summed E-state index contributed by atoms with van der Waals surface area (Å²) in [6.45, 7) is 2.05. The maximum Gasteiger partial charge on any atom is 0.0850 e. The van der Waals surface area contributed by atoms with Crippen LogP contribution in [-0.2, 0) is 19.9 Å². The van der Waals surface area contributed by atoms with Crippen LogP contribution in [0.1, 0.15) is 29.9 Å². The average molecular weight is 428 g/mol. The largest absolute Gasteiger partial charge is 0.324 e. The molecule has 0 saturated heterocycles. The second kappa shape index (κ2) is 6.26. The van der Waals surface area contributed by atoms with Crippen molar-refractivity contribution in [1.82, 2.24) is 9.78 Å². The molecule has 2 aromatic rings. The zero-order valence-corrected chi connectivity index (χ0v) is 15.3. The SMILES string of the molecule is CCc1nn(C)c(CC(N)c2cc(Br)sc2Br)c1Cl. The van der Waals surface area contributed by atoms with Crippen LogP contribution in [0.3, 0.4) is 0 Å². The lowest BCUT2D eigenvalue weighted by Gasteiger charge is -2.11. The van der Waals surface area contributed by atoms with E-state index in [1.54, 1.807) is 11.3 Å². The minimum atomic E-state index is -0.102. The third-order valence-corrected chi connectivity index (χ3v) is 5.82. The van der Waals surface area contributed by atoms with Gasteiger partial charge in [-0.05, 0) is 49.9 Å². The number of hydrogen-bond donors (Lipinski definition) is 1. The molecule has 0 spiro atoms. The van der Waals surface area contributed by atoms with Gasteiger partial charge in [-0.1, -0.05) is 18.5 Å². The van der Waals surface area contributed by atoms with Gasteiger partial charge >= 0.3 is 0 Å².